The van der Waals surface area contributed by atoms with Gasteiger partial charge in [-0.3, -0.25) is 4.79 Å². The standard InChI is InChI=1S/C16H25NO3S/c1-12-4-5-14-13(10-12)11-15(21-14)16(18)17-6-3-7-20-9-8-19-2/h11-12H,3-10H2,1-2H3,(H,17,18). The van der Waals surface area contributed by atoms with E-state index in [1.165, 1.54) is 16.9 Å². The number of rotatable bonds is 8. The van der Waals surface area contributed by atoms with Gasteiger partial charge in [-0.05, 0) is 43.2 Å². The monoisotopic (exact) mass is 311 g/mol. The third-order valence-corrected chi connectivity index (χ3v) is 4.97. The van der Waals surface area contributed by atoms with Crippen LogP contribution < -0.4 is 5.32 Å². The zero-order chi connectivity index (χ0) is 15.1. The Morgan fingerprint density at radius 3 is 3.10 bits per heavy atom. The van der Waals surface area contributed by atoms with Gasteiger partial charge in [-0.1, -0.05) is 6.92 Å². The smallest absolute Gasteiger partial charge is 0.261 e. The fraction of sp³-hybridized carbons (Fsp3) is 0.688. The summed E-state index contributed by atoms with van der Waals surface area (Å²) >= 11 is 1.66. The molecule has 1 unspecified atom stereocenters. The van der Waals surface area contributed by atoms with Crippen molar-refractivity contribution in [2.24, 2.45) is 5.92 Å². The highest BCUT2D eigenvalue weighted by Crippen LogP contribution is 2.32. The number of carbonyl (C=O) groups is 1. The van der Waals surface area contributed by atoms with Crippen molar-refractivity contribution >= 4 is 17.2 Å². The van der Waals surface area contributed by atoms with Gasteiger partial charge >= 0.3 is 0 Å². The Bertz CT molecular complexity index is 458. The Morgan fingerprint density at radius 2 is 2.29 bits per heavy atom. The Balaban J connectivity index is 1.69. The fourth-order valence-electron chi connectivity index (χ4n) is 2.53. The first kappa shape index (κ1) is 16.5. The lowest BCUT2D eigenvalue weighted by Crippen LogP contribution is -2.24. The van der Waals surface area contributed by atoms with E-state index >= 15 is 0 Å². The molecule has 1 atom stereocenters. The molecule has 1 N–H and O–H groups in total. The molecule has 21 heavy (non-hydrogen) atoms. The maximum absolute atomic E-state index is 12.1. The molecule has 0 bridgehead atoms. The van der Waals surface area contributed by atoms with Crippen LogP contribution in [0.3, 0.4) is 0 Å². The average Bonchev–Trinajstić information content (AvgIpc) is 2.89. The second-order valence-electron chi connectivity index (χ2n) is 5.62. The quantitative estimate of drug-likeness (QED) is 0.751. The number of aryl methyl sites for hydroxylation is 1. The molecule has 1 aromatic heterocycles. The van der Waals surface area contributed by atoms with Crippen LogP contribution in [-0.4, -0.2) is 39.4 Å². The highest BCUT2D eigenvalue weighted by atomic mass is 32.1. The summed E-state index contributed by atoms with van der Waals surface area (Å²) in [6.45, 7) is 4.82. The Kier molecular flexibility index (Phi) is 6.67. The van der Waals surface area contributed by atoms with Crippen LogP contribution in [0.1, 0.15) is 39.9 Å². The molecule has 0 radical (unpaired) electrons. The van der Waals surface area contributed by atoms with Crippen LogP contribution in [0.4, 0.5) is 0 Å². The molecule has 0 aliphatic heterocycles. The van der Waals surface area contributed by atoms with E-state index in [2.05, 4.69) is 18.3 Å². The first-order valence-electron chi connectivity index (χ1n) is 7.67. The lowest BCUT2D eigenvalue weighted by atomic mass is 9.90. The summed E-state index contributed by atoms with van der Waals surface area (Å²) in [7, 11) is 1.66. The van der Waals surface area contributed by atoms with Gasteiger partial charge in [0.25, 0.3) is 5.91 Å². The van der Waals surface area contributed by atoms with E-state index in [9.17, 15) is 4.79 Å². The number of fused-ring (bicyclic) bond motifs is 1. The molecule has 1 heterocycles. The summed E-state index contributed by atoms with van der Waals surface area (Å²) in [4.78, 5) is 14.4. The second-order valence-corrected chi connectivity index (χ2v) is 6.76. The SMILES string of the molecule is COCCOCCCNC(=O)c1cc2c(s1)CCC(C)C2. The van der Waals surface area contributed by atoms with Crippen LogP contribution in [0.25, 0.3) is 0 Å². The van der Waals surface area contributed by atoms with Gasteiger partial charge in [-0.2, -0.15) is 0 Å². The van der Waals surface area contributed by atoms with Gasteiger partial charge in [0.2, 0.25) is 0 Å². The van der Waals surface area contributed by atoms with E-state index in [4.69, 9.17) is 9.47 Å². The largest absolute Gasteiger partial charge is 0.382 e. The van der Waals surface area contributed by atoms with Gasteiger partial charge in [0.1, 0.15) is 0 Å². The predicted molar refractivity (Wildman–Crippen MR) is 85.2 cm³/mol. The number of methoxy groups -OCH3 is 1. The second kappa shape index (κ2) is 8.51. The first-order chi connectivity index (χ1) is 10.2. The maximum atomic E-state index is 12.1. The summed E-state index contributed by atoms with van der Waals surface area (Å²) in [5, 5.41) is 2.97. The molecule has 1 aliphatic rings. The molecular weight excluding hydrogens is 286 g/mol. The van der Waals surface area contributed by atoms with Crippen LogP contribution in [0.2, 0.25) is 0 Å². The normalized spacial score (nSPS) is 17.5. The van der Waals surface area contributed by atoms with Crippen molar-refractivity contribution in [1.29, 1.82) is 0 Å². The molecule has 0 aromatic carbocycles. The topological polar surface area (TPSA) is 47.6 Å². The predicted octanol–water partition coefficient (Wildman–Crippen LogP) is 2.66. The zero-order valence-corrected chi connectivity index (χ0v) is 13.8. The van der Waals surface area contributed by atoms with E-state index in [-0.39, 0.29) is 5.91 Å². The lowest BCUT2D eigenvalue weighted by molar-refractivity contribution is 0.0688. The van der Waals surface area contributed by atoms with Crippen molar-refractivity contribution < 1.29 is 14.3 Å². The van der Waals surface area contributed by atoms with Crippen molar-refractivity contribution in [3.05, 3.63) is 21.4 Å². The summed E-state index contributed by atoms with van der Waals surface area (Å²) < 4.78 is 10.3. The van der Waals surface area contributed by atoms with Gasteiger partial charge in [0.15, 0.2) is 0 Å². The number of amides is 1. The molecule has 0 fully saturated rings. The number of hydrogen-bond acceptors (Lipinski definition) is 4. The van der Waals surface area contributed by atoms with Crippen LogP contribution in [-0.2, 0) is 22.3 Å². The number of ether oxygens (including phenoxy) is 2. The van der Waals surface area contributed by atoms with Crippen molar-refractivity contribution in [3.63, 3.8) is 0 Å². The minimum Gasteiger partial charge on any atom is -0.382 e. The summed E-state index contributed by atoms with van der Waals surface area (Å²) in [5.41, 5.74) is 1.38. The van der Waals surface area contributed by atoms with Gasteiger partial charge in [-0.25, -0.2) is 0 Å². The van der Waals surface area contributed by atoms with Gasteiger partial charge in [0, 0.05) is 25.1 Å². The Hall–Kier alpha value is -0.910. The molecular formula is C16H25NO3S. The van der Waals surface area contributed by atoms with Gasteiger partial charge in [0.05, 0.1) is 18.1 Å². The van der Waals surface area contributed by atoms with Crippen molar-refractivity contribution in [2.45, 2.75) is 32.6 Å². The van der Waals surface area contributed by atoms with Gasteiger partial charge < -0.3 is 14.8 Å². The number of carbonyl (C=O) groups excluding carboxylic acids is 1. The van der Waals surface area contributed by atoms with Crippen molar-refractivity contribution in [2.75, 3.05) is 33.5 Å². The van der Waals surface area contributed by atoms with Crippen LogP contribution in [0.5, 0.6) is 0 Å². The van der Waals surface area contributed by atoms with E-state index in [0.29, 0.717) is 26.4 Å². The number of hydrogen-bond donors (Lipinski definition) is 1. The molecule has 5 heteroatoms. The molecule has 0 saturated heterocycles. The molecule has 1 aromatic rings. The first-order valence-corrected chi connectivity index (χ1v) is 8.49. The van der Waals surface area contributed by atoms with Crippen LogP contribution in [0.15, 0.2) is 6.07 Å². The van der Waals surface area contributed by atoms with E-state index in [1.807, 2.05) is 0 Å². The molecule has 0 saturated carbocycles. The third-order valence-electron chi connectivity index (χ3n) is 3.74. The highest BCUT2D eigenvalue weighted by Gasteiger charge is 2.20. The van der Waals surface area contributed by atoms with E-state index in [0.717, 1.165) is 30.1 Å². The number of nitrogens with one attached hydrogen (secondary N) is 1. The minimum atomic E-state index is 0.0546. The molecule has 0 spiro atoms. The summed E-state index contributed by atoms with van der Waals surface area (Å²) in [5.74, 6) is 0.797. The zero-order valence-electron chi connectivity index (χ0n) is 12.9. The highest BCUT2D eigenvalue weighted by molar-refractivity contribution is 7.14. The van der Waals surface area contributed by atoms with Crippen LogP contribution >= 0.6 is 11.3 Å². The average molecular weight is 311 g/mol. The van der Waals surface area contributed by atoms with E-state index in [1.54, 1.807) is 18.4 Å². The van der Waals surface area contributed by atoms with Crippen molar-refractivity contribution in [1.82, 2.24) is 5.32 Å². The van der Waals surface area contributed by atoms with Crippen LogP contribution in [0, 0.1) is 5.92 Å². The van der Waals surface area contributed by atoms with E-state index < -0.39 is 0 Å². The molecule has 1 aliphatic carbocycles. The summed E-state index contributed by atoms with van der Waals surface area (Å²) in [6, 6.07) is 2.08. The molecule has 4 nitrogen and oxygen atoms in total. The number of thiophene rings is 1. The molecule has 1 amide bonds. The fourth-order valence-corrected chi connectivity index (χ4v) is 3.65. The van der Waals surface area contributed by atoms with Gasteiger partial charge in [-0.15, -0.1) is 11.3 Å². The third kappa shape index (κ3) is 5.09. The Labute approximate surface area is 130 Å². The molecule has 118 valence electrons. The lowest BCUT2D eigenvalue weighted by Gasteiger charge is -2.16. The minimum absolute atomic E-state index is 0.0546. The maximum Gasteiger partial charge on any atom is 0.261 e. The van der Waals surface area contributed by atoms with Crippen molar-refractivity contribution in [3.8, 4) is 0 Å². The molecule has 2 rings (SSSR count). The summed E-state index contributed by atoms with van der Waals surface area (Å²) in [6.07, 6.45) is 4.32. The Morgan fingerprint density at radius 1 is 1.43 bits per heavy atom.